The summed E-state index contributed by atoms with van der Waals surface area (Å²) >= 11 is 0. The van der Waals surface area contributed by atoms with E-state index in [0.29, 0.717) is 19.6 Å². The van der Waals surface area contributed by atoms with Crippen molar-refractivity contribution in [1.82, 2.24) is 29.9 Å². The molecule has 1 fully saturated rings. The molecule has 0 amide bonds. The van der Waals surface area contributed by atoms with Crippen molar-refractivity contribution in [3.05, 3.63) is 78.0 Å². The number of ether oxygens (including phenoxy) is 1. The lowest BCUT2D eigenvalue weighted by molar-refractivity contribution is 0.122. The first kappa shape index (κ1) is 20.3. The van der Waals surface area contributed by atoms with E-state index >= 15 is 0 Å². The van der Waals surface area contributed by atoms with Crippen LogP contribution in [0.25, 0.3) is 17.1 Å². The van der Waals surface area contributed by atoms with Crippen LogP contribution in [0.1, 0.15) is 17.1 Å². The smallest absolute Gasteiger partial charge is 0.159 e. The van der Waals surface area contributed by atoms with Gasteiger partial charge in [-0.1, -0.05) is 23.8 Å². The minimum Gasteiger partial charge on any atom is -0.378 e. The number of hydrogen-bond donors (Lipinski definition) is 0. The van der Waals surface area contributed by atoms with Gasteiger partial charge in [-0.25, -0.2) is 14.6 Å². The molecule has 162 valence electrons. The summed E-state index contributed by atoms with van der Waals surface area (Å²) in [5.41, 5.74) is 4.14. The number of anilines is 1. The highest BCUT2D eigenvalue weighted by molar-refractivity contribution is 5.60. The Bertz CT molecular complexity index is 1190. The van der Waals surface area contributed by atoms with Crippen molar-refractivity contribution < 1.29 is 4.74 Å². The molecule has 8 nitrogen and oxygen atoms in total. The minimum absolute atomic E-state index is 0.676. The molecule has 0 aliphatic carbocycles. The van der Waals surface area contributed by atoms with E-state index in [-0.39, 0.29) is 0 Å². The van der Waals surface area contributed by atoms with Gasteiger partial charge >= 0.3 is 0 Å². The summed E-state index contributed by atoms with van der Waals surface area (Å²) in [4.78, 5) is 11.9. The van der Waals surface area contributed by atoms with Gasteiger partial charge in [0.25, 0.3) is 0 Å². The van der Waals surface area contributed by atoms with E-state index in [1.165, 1.54) is 5.56 Å². The molecule has 8 heteroatoms. The van der Waals surface area contributed by atoms with Gasteiger partial charge in [0, 0.05) is 43.5 Å². The maximum Gasteiger partial charge on any atom is 0.159 e. The molecular formula is C24H25N7O. The maximum atomic E-state index is 5.52. The van der Waals surface area contributed by atoms with Crippen LogP contribution in [0, 0.1) is 6.92 Å². The first-order valence-electron chi connectivity index (χ1n) is 10.8. The summed E-state index contributed by atoms with van der Waals surface area (Å²) in [5, 5.41) is 12.9. The van der Waals surface area contributed by atoms with Crippen molar-refractivity contribution in [2.45, 2.75) is 19.8 Å². The Balaban J connectivity index is 1.46. The molecule has 1 saturated heterocycles. The Kier molecular flexibility index (Phi) is 5.85. The molecule has 1 aliphatic rings. The van der Waals surface area contributed by atoms with E-state index in [1.54, 1.807) is 6.20 Å². The van der Waals surface area contributed by atoms with Crippen molar-refractivity contribution in [1.29, 1.82) is 0 Å². The Morgan fingerprint density at radius 1 is 0.938 bits per heavy atom. The summed E-state index contributed by atoms with van der Waals surface area (Å²) in [6.07, 6.45) is 5.04. The van der Waals surface area contributed by atoms with Crippen molar-refractivity contribution in [3.63, 3.8) is 0 Å². The fraction of sp³-hybridized carbons (Fsp3) is 0.292. The summed E-state index contributed by atoms with van der Waals surface area (Å²) < 4.78 is 7.34. The third-order valence-electron chi connectivity index (χ3n) is 5.45. The number of benzene rings is 1. The van der Waals surface area contributed by atoms with Crippen LogP contribution in [-0.2, 0) is 17.6 Å². The molecule has 0 radical (unpaired) electrons. The van der Waals surface area contributed by atoms with Gasteiger partial charge in [0.2, 0.25) is 0 Å². The van der Waals surface area contributed by atoms with Crippen LogP contribution in [0.5, 0.6) is 0 Å². The molecule has 32 heavy (non-hydrogen) atoms. The third kappa shape index (κ3) is 4.65. The molecule has 4 heterocycles. The maximum absolute atomic E-state index is 5.52. The van der Waals surface area contributed by atoms with E-state index in [0.717, 1.165) is 53.9 Å². The minimum atomic E-state index is 0.676. The first-order valence-corrected chi connectivity index (χ1v) is 10.8. The normalized spacial score (nSPS) is 14.0. The summed E-state index contributed by atoms with van der Waals surface area (Å²) in [7, 11) is 0. The molecule has 5 rings (SSSR count). The summed E-state index contributed by atoms with van der Waals surface area (Å²) in [6, 6.07) is 16.2. The summed E-state index contributed by atoms with van der Waals surface area (Å²) in [6.45, 7) is 5.12. The molecule has 0 unspecified atom stereocenters. The van der Waals surface area contributed by atoms with E-state index < -0.39 is 0 Å². The van der Waals surface area contributed by atoms with Crippen molar-refractivity contribution in [2.24, 2.45) is 0 Å². The van der Waals surface area contributed by atoms with Gasteiger partial charge in [0.1, 0.15) is 11.6 Å². The second kappa shape index (κ2) is 9.23. The predicted molar refractivity (Wildman–Crippen MR) is 122 cm³/mol. The van der Waals surface area contributed by atoms with Crippen LogP contribution in [0.3, 0.4) is 0 Å². The number of aryl methyl sites for hydroxylation is 3. The molecule has 0 saturated carbocycles. The highest BCUT2D eigenvalue weighted by atomic mass is 16.5. The van der Waals surface area contributed by atoms with Gasteiger partial charge in [0.15, 0.2) is 5.82 Å². The molecular weight excluding hydrogens is 402 g/mol. The SMILES string of the molecule is Cc1cccc(-c2ccn(-c3cc(N4CCOCC4)nc(CCc4cccnn4)n3)n2)c1. The summed E-state index contributed by atoms with van der Waals surface area (Å²) in [5.74, 6) is 2.43. The van der Waals surface area contributed by atoms with E-state index in [4.69, 9.17) is 19.8 Å². The Morgan fingerprint density at radius 3 is 2.62 bits per heavy atom. The first-order chi connectivity index (χ1) is 15.7. The zero-order valence-electron chi connectivity index (χ0n) is 18.1. The zero-order valence-corrected chi connectivity index (χ0v) is 18.1. The number of hydrogen-bond acceptors (Lipinski definition) is 7. The quantitative estimate of drug-likeness (QED) is 0.468. The van der Waals surface area contributed by atoms with Gasteiger partial charge < -0.3 is 9.64 Å². The Morgan fingerprint density at radius 2 is 1.81 bits per heavy atom. The fourth-order valence-corrected chi connectivity index (χ4v) is 3.77. The van der Waals surface area contributed by atoms with Gasteiger partial charge in [-0.3, -0.25) is 0 Å². The number of morpholine rings is 1. The van der Waals surface area contributed by atoms with Crippen LogP contribution < -0.4 is 4.90 Å². The van der Waals surface area contributed by atoms with E-state index in [1.807, 2.05) is 35.1 Å². The molecule has 1 aromatic carbocycles. The molecule has 1 aliphatic heterocycles. The lowest BCUT2D eigenvalue weighted by atomic mass is 10.1. The Hall–Kier alpha value is -3.65. The van der Waals surface area contributed by atoms with E-state index in [2.05, 4.69) is 46.3 Å². The zero-order chi connectivity index (χ0) is 21.8. The predicted octanol–water partition coefficient (Wildman–Crippen LogP) is 3.05. The lowest BCUT2D eigenvalue weighted by Gasteiger charge is -2.28. The van der Waals surface area contributed by atoms with Crippen LogP contribution >= 0.6 is 0 Å². The largest absolute Gasteiger partial charge is 0.378 e. The van der Waals surface area contributed by atoms with Gasteiger partial charge in [-0.05, 0) is 37.6 Å². The topological polar surface area (TPSA) is 81.9 Å². The van der Waals surface area contributed by atoms with Crippen molar-refractivity contribution >= 4 is 5.82 Å². The second-order valence-electron chi connectivity index (χ2n) is 7.83. The van der Waals surface area contributed by atoms with E-state index in [9.17, 15) is 0 Å². The van der Waals surface area contributed by atoms with Crippen LogP contribution in [0.4, 0.5) is 5.82 Å². The number of aromatic nitrogens is 6. The molecule has 0 N–H and O–H groups in total. The van der Waals surface area contributed by atoms with Gasteiger partial charge in [0.05, 0.1) is 24.6 Å². The monoisotopic (exact) mass is 427 g/mol. The van der Waals surface area contributed by atoms with Crippen LogP contribution in [-0.4, -0.2) is 56.2 Å². The third-order valence-corrected chi connectivity index (χ3v) is 5.45. The van der Waals surface area contributed by atoms with Crippen molar-refractivity contribution in [2.75, 3.05) is 31.2 Å². The number of nitrogens with zero attached hydrogens (tertiary/aromatic N) is 7. The average molecular weight is 428 g/mol. The number of rotatable bonds is 6. The Labute approximate surface area is 186 Å². The van der Waals surface area contributed by atoms with Crippen LogP contribution in [0.15, 0.2) is 60.9 Å². The van der Waals surface area contributed by atoms with Gasteiger partial charge in [-0.15, -0.1) is 0 Å². The van der Waals surface area contributed by atoms with Crippen LogP contribution in [0.2, 0.25) is 0 Å². The van der Waals surface area contributed by atoms with Crippen molar-refractivity contribution in [3.8, 4) is 17.1 Å². The molecule has 0 atom stereocenters. The molecule has 3 aromatic heterocycles. The highest BCUT2D eigenvalue weighted by Gasteiger charge is 2.16. The molecule has 4 aromatic rings. The molecule has 0 spiro atoms. The highest BCUT2D eigenvalue weighted by Crippen LogP contribution is 2.21. The lowest BCUT2D eigenvalue weighted by Crippen LogP contribution is -2.37. The average Bonchev–Trinajstić information content (AvgIpc) is 3.34. The second-order valence-corrected chi connectivity index (χ2v) is 7.83. The fourth-order valence-electron chi connectivity index (χ4n) is 3.77. The standard InChI is InChI=1S/C24H25N7O/c1-18-4-2-5-19(16-18)21-9-11-31(29-21)24-17-23(30-12-14-32-15-13-30)26-22(27-24)8-7-20-6-3-10-25-28-20/h2-6,9-11,16-17H,7-8,12-15H2,1H3. The van der Waals surface area contributed by atoms with Gasteiger partial charge in [-0.2, -0.15) is 15.3 Å². The molecule has 0 bridgehead atoms.